The first kappa shape index (κ1) is 22.9. The highest BCUT2D eigenvalue weighted by atomic mass is 32.2. The molecule has 1 amide bonds. The van der Waals surface area contributed by atoms with E-state index in [1.54, 1.807) is 0 Å². The zero-order chi connectivity index (χ0) is 22.9. The largest absolute Gasteiger partial charge is 0.342 e. The van der Waals surface area contributed by atoms with Crippen molar-refractivity contribution in [2.24, 2.45) is 5.41 Å². The molecule has 2 aliphatic rings. The maximum atomic E-state index is 13.5. The van der Waals surface area contributed by atoms with Gasteiger partial charge in [0.25, 0.3) is 0 Å². The van der Waals surface area contributed by atoms with Crippen molar-refractivity contribution in [3.63, 3.8) is 0 Å². The number of carbonyl (C=O) groups excluding carboxylic acids is 1. The van der Waals surface area contributed by atoms with Crippen LogP contribution >= 0.6 is 0 Å². The number of aryl methyl sites for hydroxylation is 1. The van der Waals surface area contributed by atoms with Gasteiger partial charge in [-0.2, -0.15) is 0 Å². The molecule has 0 aliphatic carbocycles. The average Bonchev–Trinajstić information content (AvgIpc) is 2.78. The number of piperidine rings is 2. The van der Waals surface area contributed by atoms with Gasteiger partial charge in [-0.1, -0.05) is 36.8 Å². The average molecular weight is 456 g/mol. The van der Waals surface area contributed by atoms with E-state index >= 15 is 0 Å². The van der Waals surface area contributed by atoms with Gasteiger partial charge >= 0.3 is 0 Å². The third kappa shape index (κ3) is 4.89. The maximum Gasteiger partial charge on any atom is 0.228 e. The van der Waals surface area contributed by atoms with E-state index < -0.39 is 15.4 Å². The molecule has 6 nitrogen and oxygen atoms in total. The van der Waals surface area contributed by atoms with E-state index in [1.807, 2.05) is 17.9 Å². The molecular weight excluding hydrogens is 422 g/mol. The molecule has 0 saturated carbocycles. The van der Waals surface area contributed by atoms with E-state index in [-0.39, 0.29) is 11.8 Å². The molecule has 2 aliphatic heterocycles. The summed E-state index contributed by atoms with van der Waals surface area (Å²) >= 11 is 0. The number of sulfonamides is 1. The Balaban J connectivity index is 1.47. The van der Waals surface area contributed by atoms with Gasteiger partial charge in [0.05, 0.1) is 11.9 Å². The molecule has 2 saturated heterocycles. The molecule has 32 heavy (non-hydrogen) atoms. The normalized spacial score (nSPS) is 22.0. The van der Waals surface area contributed by atoms with Gasteiger partial charge in [0.1, 0.15) is 0 Å². The van der Waals surface area contributed by atoms with E-state index in [9.17, 15) is 13.2 Å². The van der Waals surface area contributed by atoms with Gasteiger partial charge in [-0.25, -0.2) is 12.7 Å². The Kier molecular flexibility index (Phi) is 6.41. The van der Waals surface area contributed by atoms with Gasteiger partial charge in [0, 0.05) is 48.8 Å². The van der Waals surface area contributed by atoms with Crippen LogP contribution in [0.2, 0.25) is 0 Å². The minimum absolute atomic E-state index is 0.158. The number of nitrogens with zero attached hydrogens (tertiary/aromatic N) is 3. The first-order valence-electron chi connectivity index (χ1n) is 11.4. The second kappa shape index (κ2) is 8.94. The van der Waals surface area contributed by atoms with Crippen LogP contribution in [0.25, 0.3) is 11.3 Å². The lowest BCUT2D eigenvalue weighted by Crippen LogP contribution is -2.51. The summed E-state index contributed by atoms with van der Waals surface area (Å²) in [6, 6.07) is 14.5. The molecule has 0 spiro atoms. The van der Waals surface area contributed by atoms with Crippen LogP contribution in [0.4, 0.5) is 0 Å². The zero-order valence-electron chi connectivity index (χ0n) is 19.3. The quantitative estimate of drug-likeness (QED) is 0.703. The third-order valence-electron chi connectivity index (χ3n) is 7.02. The van der Waals surface area contributed by atoms with Crippen molar-refractivity contribution in [2.75, 3.05) is 32.4 Å². The van der Waals surface area contributed by atoms with Gasteiger partial charge in [0.2, 0.25) is 15.9 Å². The lowest BCUT2D eigenvalue weighted by atomic mass is 9.79. The maximum absolute atomic E-state index is 13.5. The number of amides is 1. The molecule has 1 aromatic heterocycles. The Morgan fingerprint density at radius 2 is 1.81 bits per heavy atom. The first-order valence-corrected chi connectivity index (χ1v) is 13.3. The van der Waals surface area contributed by atoms with Gasteiger partial charge in [-0.3, -0.25) is 9.78 Å². The number of carbonyl (C=O) groups is 1. The first-order chi connectivity index (χ1) is 15.2. The smallest absolute Gasteiger partial charge is 0.228 e. The van der Waals surface area contributed by atoms with Crippen LogP contribution in [0.15, 0.2) is 42.5 Å². The lowest BCUT2D eigenvalue weighted by Gasteiger charge is -2.42. The summed E-state index contributed by atoms with van der Waals surface area (Å²) in [5, 5.41) is 0. The van der Waals surface area contributed by atoms with Crippen molar-refractivity contribution in [1.82, 2.24) is 14.2 Å². The van der Waals surface area contributed by atoms with Gasteiger partial charge in [-0.15, -0.1) is 0 Å². The zero-order valence-corrected chi connectivity index (χ0v) is 20.1. The number of benzene rings is 1. The standard InChI is InChI=1S/C25H33N3O3S/c1-19-7-4-8-20(17-19)22-10-5-11-23(26-22)21-9-6-14-27(18-21)24(29)25(2)12-15-28(16-13-25)32(3,30)31/h4-5,7-8,10-11,17,21H,6,9,12-16,18H2,1-3H3/t21-/m0/s1. The second-order valence-electron chi connectivity index (χ2n) is 9.63. The summed E-state index contributed by atoms with van der Waals surface area (Å²) in [4.78, 5) is 20.4. The number of pyridine rings is 1. The third-order valence-corrected chi connectivity index (χ3v) is 8.33. The molecule has 0 unspecified atom stereocenters. The molecule has 7 heteroatoms. The van der Waals surface area contributed by atoms with E-state index in [2.05, 4.69) is 43.3 Å². The van der Waals surface area contributed by atoms with Crippen LogP contribution in [-0.4, -0.2) is 60.9 Å². The number of hydrogen-bond donors (Lipinski definition) is 0. The number of hydrogen-bond acceptors (Lipinski definition) is 4. The Hall–Kier alpha value is -2.25. The molecule has 172 valence electrons. The van der Waals surface area contributed by atoms with Crippen molar-refractivity contribution in [2.45, 2.75) is 45.4 Å². The van der Waals surface area contributed by atoms with Crippen LogP contribution in [0, 0.1) is 12.3 Å². The summed E-state index contributed by atoms with van der Waals surface area (Å²) in [5.74, 6) is 0.377. The number of likely N-dealkylation sites (tertiary alicyclic amines) is 1. The Bertz CT molecular complexity index is 1090. The molecule has 1 atom stereocenters. The van der Waals surface area contributed by atoms with Crippen LogP contribution in [0.3, 0.4) is 0 Å². The summed E-state index contributed by atoms with van der Waals surface area (Å²) in [6.45, 7) is 6.35. The topological polar surface area (TPSA) is 70.6 Å². The molecule has 2 fully saturated rings. The summed E-state index contributed by atoms with van der Waals surface area (Å²) in [7, 11) is -3.20. The summed E-state index contributed by atoms with van der Waals surface area (Å²) in [6.07, 6.45) is 4.36. The van der Waals surface area contributed by atoms with Crippen LogP contribution in [0.1, 0.15) is 49.8 Å². The van der Waals surface area contributed by atoms with E-state index in [4.69, 9.17) is 4.98 Å². The van der Waals surface area contributed by atoms with Crippen molar-refractivity contribution in [1.29, 1.82) is 0 Å². The lowest BCUT2D eigenvalue weighted by molar-refractivity contribution is -0.144. The molecule has 1 aromatic carbocycles. The highest BCUT2D eigenvalue weighted by molar-refractivity contribution is 7.88. The van der Waals surface area contributed by atoms with Gasteiger partial charge in [-0.05, 0) is 50.8 Å². The van der Waals surface area contributed by atoms with Crippen molar-refractivity contribution < 1.29 is 13.2 Å². The van der Waals surface area contributed by atoms with Crippen molar-refractivity contribution >= 4 is 15.9 Å². The minimum atomic E-state index is -3.20. The number of rotatable bonds is 4. The summed E-state index contributed by atoms with van der Waals surface area (Å²) < 4.78 is 25.2. The highest BCUT2D eigenvalue weighted by Gasteiger charge is 2.42. The van der Waals surface area contributed by atoms with Crippen LogP contribution < -0.4 is 0 Å². The Labute approximate surface area is 191 Å². The van der Waals surface area contributed by atoms with E-state index in [0.717, 1.165) is 36.3 Å². The molecule has 0 radical (unpaired) electrons. The minimum Gasteiger partial charge on any atom is -0.342 e. The predicted octanol–water partition coefficient (Wildman–Crippen LogP) is 3.82. The summed E-state index contributed by atoms with van der Waals surface area (Å²) in [5.41, 5.74) is 3.83. The molecule has 0 bridgehead atoms. The van der Waals surface area contributed by atoms with Crippen molar-refractivity contribution in [3.8, 4) is 11.3 Å². The molecule has 4 rings (SSSR count). The second-order valence-corrected chi connectivity index (χ2v) is 11.6. The Morgan fingerprint density at radius 3 is 2.50 bits per heavy atom. The van der Waals surface area contributed by atoms with Crippen LogP contribution in [0.5, 0.6) is 0 Å². The fourth-order valence-electron chi connectivity index (χ4n) is 4.95. The highest BCUT2D eigenvalue weighted by Crippen LogP contribution is 2.36. The molecular formula is C25H33N3O3S. The van der Waals surface area contributed by atoms with E-state index in [1.165, 1.54) is 16.1 Å². The number of aromatic nitrogens is 1. The monoisotopic (exact) mass is 455 g/mol. The van der Waals surface area contributed by atoms with Gasteiger partial charge in [0.15, 0.2) is 0 Å². The fourth-order valence-corrected chi connectivity index (χ4v) is 5.80. The Morgan fingerprint density at radius 1 is 1.09 bits per heavy atom. The predicted molar refractivity (Wildman–Crippen MR) is 127 cm³/mol. The molecule has 3 heterocycles. The van der Waals surface area contributed by atoms with Gasteiger partial charge < -0.3 is 4.90 Å². The van der Waals surface area contributed by atoms with E-state index in [0.29, 0.717) is 32.5 Å². The van der Waals surface area contributed by atoms with Crippen molar-refractivity contribution in [3.05, 3.63) is 53.7 Å². The fraction of sp³-hybridized carbons (Fsp3) is 0.520. The van der Waals surface area contributed by atoms with Crippen LogP contribution in [-0.2, 0) is 14.8 Å². The SMILES string of the molecule is Cc1cccc(-c2cccc([C@H]3CCCN(C(=O)C4(C)CCN(S(C)(=O)=O)CC4)C3)n2)c1. The molecule has 2 aromatic rings. The molecule has 0 N–H and O–H groups in total.